The molecule has 0 radical (unpaired) electrons. The second-order valence-electron chi connectivity index (χ2n) is 5.18. The first-order valence-corrected chi connectivity index (χ1v) is 8.12. The monoisotopic (exact) mass is 343 g/mol. The molecule has 2 N–H and O–H groups in total. The second-order valence-corrected chi connectivity index (χ2v) is 6.37. The van der Waals surface area contributed by atoms with Crippen molar-refractivity contribution >= 4 is 40.1 Å². The standard InChI is InChI=1S/C17H14FN3O2S/c18-11-6-8-12(9-7-11)20-15(22)10-14-16(23)21(17(19)24-14)13-4-2-1-3-5-13/h1-9,14,19H,10H2,(H,20,22)/t14-/m0/s1. The van der Waals surface area contributed by atoms with E-state index in [1.54, 1.807) is 24.3 Å². The highest BCUT2D eigenvalue weighted by Crippen LogP contribution is 2.32. The molecule has 7 heteroatoms. The van der Waals surface area contributed by atoms with E-state index in [1.807, 2.05) is 6.07 Å². The Bertz CT molecular complexity index is 780. The lowest BCUT2D eigenvalue weighted by Gasteiger charge is -2.15. The maximum atomic E-state index is 12.9. The lowest BCUT2D eigenvalue weighted by molar-refractivity contribution is -0.121. The van der Waals surface area contributed by atoms with Gasteiger partial charge in [-0.1, -0.05) is 30.0 Å². The Morgan fingerprint density at radius 1 is 1.17 bits per heavy atom. The number of halogens is 1. The van der Waals surface area contributed by atoms with Crippen LogP contribution in [0.25, 0.3) is 0 Å². The molecule has 0 saturated carbocycles. The summed E-state index contributed by atoms with van der Waals surface area (Å²) in [5.74, 6) is -1.03. The van der Waals surface area contributed by atoms with Gasteiger partial charge < -0.3 is 5.32 Å². The van der Waals surface area contributed by atoms with Gasteiger partial charge in [0.1, 0.15) is 11.1 Å². The van der Waals surface area contributed by atoms with Crippen LogP contribution >= 0.6 is 11.8 Å². The number of nitrogens with zero attached hydrogens (tertiary/aromatic N) is 1. The van der Waals surface area contributed by atoms with Gasteiger partial charge in [-0.25, -0.2) is 4.39 Å². The number of amidine groups is 1. The molecule has 2 amide bonds. The smallest absolute Gasteiger partial charge is 0.247 e. The first-order valence-electron chi connectivity index (χ1n) is 7.24. The van der Waals surface area contributed by atoms with Gasteiger partial charge in [-0.05, 0) is 36.4 Å². The fraction of sp³-hybridized carbons (Fsp3) is 0.118. The van der Waals surface area contributed by atoms with Gasteiger partial charge in [0, 0.05) is 12.1 Å². The fourth-order valence-electron chi connectivity index (χ4n) is 2.35. The highest BCUT2D eigenvalue weighted by Gasteiger charge is 2.39. The highest BCUT2D eigenvalue weighted by molar-refractivity contribution is 8.16. The van der Waals surface area contributed by atoms with Crippen LogP contribution in [0.3, 0.4) is 0 Å². The molecule has 1 atom stereocenters. The summed E-state index contributed by atoms with van der Waals surface area (Å²) in [4.78, 5) is 25.9. The van der Waals surface area contributed by atoms with Crippen molar-refractivity contribution in [1.29, 1.82) is 5.41 Å². The third kappa shape index (κ3) is 3.46. The molecule has 3 rings (SSSR count). The van der Waals surface area contributed by atoms with E-state index in [1.165, 1.54) is 29.2 Å². The van der Waals surface area contributed by atoms with E-state index in [2.05, 4.69) is 5.32 Å². The average molecular weight is 343 g/mol. The number of thioether (sulfide) groups is 1. The van der Waals surface area contributed by atoms with Crippen LogP contribution in [0.2, 0.25) is 0 Å². The summed E-state index contributed by atoms with van der Waals surface area (Å²) in [7, 11) is 0. The van der Waals surface area contributed by atoms with Gasteiger partial charge in [0.05, 0.1) is 5.69 Å². The molecule has 2 aromatic carbocycles. The minimum atomic E-state index is -0.641. The van der Waals surface area contributed by atoms with Crippen molar-refractivity contribution in [3.63, 3.8) is 0 Å². The lowest BCUT2D eigenvalue weighted by atomic mass is 10.2. The van der Waals surface area contributed by atoms with Crippen LogP contribution in [-0.2, 0) is 9.59 Å². The van der Waals surface area contributed by atoms with E-state index in [9.17, 15) is 14.0 Å². The van der Waals surface area contributed by atoms with Crippen molar-refractivity contribution in [3.05, 3.63) is 60.4 Å². The van der Waals surface area contributed by atoms with Gasteiger partial charge in [-0.3, -0.25) is 19.9 Å². The first-order chi connectivity index (χ1) is 11.5. The summed E-state index contributed by atoms with van der Waals surface area (Å²) in [5.41, 5.74) is 1.08. The van der Waals surface area contributed by atoms with Crippen molar-refractivity contribution < 1.29 is 14.0 Å². The minimum absolute atomic E-state index is 0.0490. The number of nitrogens with one attached hydrogen (secondary N) is 2. The summed E-state index contributed by atoms with van der Waals surface area (Å²) < 4.78 is 12.9. The largest absolute Gasteiger partial charge is 0.326 e. The van der Waals surface area contributed by atoms with Crippen molar-refractivity contribution in [3.8, 4) is 0 Å². The minimum Gasteiger partial charge on any atom is -0.326 e. The Hall–Kier alpha value is -2.67. The zero-order valence-electron chi connectivity index (χ0n) is 12.5. The van der Waals surface area contributed by atoms with Crippen LogP contribution in [0.5, 0.6) is 0 Å². The molecule has 1 heterocycles. The molecule has 1 saturated heterocycles. The van der Waals surface area contributed by atoms with Crippen molar-refractivity contribution in [2.45, 2.75) is 11.7 Å². The summed E-state index contributed by atoms with van der Waals surface area (Å²) in [6.07, 6.45) is -0.0490. The van der Waals surface area contributed by atoms with Crippen molar-refractivity contribution in [1.82, 2.24) is 0 Å². The number of amides is 2. The molecule has 1 aliphatic heterocycles. The molecule has 1 fully saturated rings. The number of para-hydroxylation sites is 1. The Morgan fingerprint density at radius 2 is 1.83 bits per heavy atom. The van der Waals surface area contributed by atoms with Crippen LogP contribution in [0.4, 0.5) is 15.8 Å². The Morgan fingerprint density at radius 3 is 2.50 bits per heavy atom. The Kier molecular flexibility index (Phi) is 4.61. The Balaban J connectivity index is 1.65. The zero-order valence-corrected chi connectivity index (χ0v) is 13.3. The summed E-state index contributed by atoms with van der Waals surface area (Å²) in [5, 5.41) is 10.1. The van der Waals surface area contributed by atoms with E-state index < -0.39 is 5.25 Å². The molecule has 0 aliphatic carbocycles. The molecule has 0 bridgehead atoms. The number of anilines is 2. The third-order valence-corrected chi connectivity index (χ3v) is 4.52. The molecule has 5 nitrogen and oxygen atoms in total. The van der Waals surface area contributed by atoms with Crippen molar-refractivity contribution in [2.24, 2.45) is 0 Å². The van der Waals surface area contributed by atoms with E-state index in [0.717, 1.165) is 11.8 Å². The van der Waals surface area contributed by atoms with E-state index in [0.29, 0.717) is 11.4 Å². The Labute approximate surface area is 142 Å². The van der Waals surface area contributed by atoms with E-state index in [4.69, 9.17) is 5.41 Å². The van der Waals surface area contributed by atoms with Crippen LogP contribution in [-0.4, -0.2) is 22.2 Å². The molecular weight excluding hydrogens is 329 g/mol. The molecular formula is C17H14FN3O2S. The number of carbonyl (C=O) groups excluding carboxylic acids is 2. The van der Waals surface area contributed by atoms with Crippen LogP contribution in [0.15, 0.2) is 54.6 Å². The van der Waals surface area contributed by atoms with Gasteiger partial charge in [0.15, 0.2) is 5.17 Å². The number of rotatable bonds is 4. The average Bonchev–Trinajstić information content (AvgIpc) is 2.84. The second kappa shape index (κ2) is 6.84. The molecule has 0 unspecified atom stereocenters. The third-order valence-electron chi connectivity index (χ3n) is 3.47. The molecule has 2 aromatic rings. The molecule has 0 aromatic heterocycles. The molecule has 1 aliphatic rings. The molecule has 122 valence electrons. The van der Waals surface area contributed by atoms with Gasteiger partial charge in [-0.15, -0.1) is 0 Å². The molecule has 0 spiro atoms. The summed E-state index contributed by atoms with van der Waals surface area (Å²) in [6, 6.07) is 14.3. The SMILES string of the molecule is N=C1S[C@@H](CC(=O)Nc2ccc(F)cc2)C(=O)N1c1ccccc1. The van der Waals surface area contributed by atoms with Gasteiger partial charge >= 0.3 is 0 Å². The van der Waals surface area contributed by atoms with Gasteiger partial charge in [0.2, 0.25) is 11.8 Å². The number of hydrogen-bond donors (Lipinski definition) is 2. The fourth-order valence-corrected chi connectivity index (χ4v) is 3.36. The van der Waals surface area contributed by atoms with E-state index in [-0.39, 0.29) is 29.2 Å². The first kappa shape index (κ1) is 16.2. The van der Waals surface area contributed by atoms with Gasteiger partial charge in [0.25, 0.3) is 0 Å². The van der Waals surface area contributed by atoms with Crippen molar-refractivity contribution in [2.75, 3.05) is 10.2 Å². The molecule has 24 heavy (non-hydrogen) atoms. The predicted octanol–water partition coefficient (Wildman–Crippen LogP) is 3.24. The van der Waals surface area contributed by atoms with Crippen LogP contribution < -0.4 is 10.2 Å². The normalized spacial score (nSPS) is 17.2. The van der Waals surface area contributed by atoms with Crippen LogP contribution in [0, 0.1) is 11.2 Å². The topological polar surface area (TPSA) is 73.3 Å². The summed E-state index contributed by atoms with van der Waals surface area (Å²) in [6.45, 7) is 0. The quantitative estimate of drug-likeness (QED) is 0.895. The van der Waals surface area contributed by atoms with E-state index >= 15 is 0 Å². The predicted molar refractivity (Wildman–Crippen MR) is 92.7 cm³/mol. The van der Waals surface area contributed by atoms with Crippen LogP contribution in [0.1, 0.15) is 6.42 Å². The number of carbonyl (C=O) groups is 2. The maximum absolute atomic E-state index is 12.9. The number of benzene rings is 2. The zero-order chi connectivity index (χ0) is 17.1. The highest BCUT2D eigenvalue weighted by atomic mass is 32.2. The maximum Gasteiger partial charge on any atom is 0.247 e. The summed E-state index contributed by atoms with van der Waals surface area (Å²) >= 11 is 1.06. The number of hydrogen-bond acceptors (Lipinski definition) is 4. The van der Waals surface area contributed by atoms with Gasteiger partial charge in [-0.2, -0.15) is 0 Å². The lowest BCUT2D eigenvalue weighted by Crippen LogP contribution is -2.33.